The van der Waals surface area contributed by atoms with Crippen LogP contribution in [0.1, 0.15) is 50.8 Å². The van der Waals surface area contributed by atoms with Crippen molar-refractivity contribution >= 4 is 11.9 Å². The quantitative estimate of drug-likeness (QED) is 0.472. The number of rotatable bonds is 7. The zero-order chi connectivity index (χ0) is 24.4. The highest BCUT2D eigenvalue weighted by molar-refractivity contribution is 5.69. The highest BCUT2D eigenvalue weighted by Crippen LogP contribution is 2.29. The van der Waals surface area contributed by atoms with Crippen LogP contribution >= 0.6 is 0 Å². The first-order valence-electron chi connectivity index (χ1n) is 12.7. The maximum atomic E-state index is 12.8. The minimum Gasteiger partial charge on any atom is -0.449 e. The molecule has 8 nitrogen and oxygen atoms in total. The molecule has 2 atom stereocenters. The van der Waals surface area contributed by atoms with Gasteiger partial charge in [-0.1, -0.05) is 51.5 Å². The predicted molar refractivity (Wildman–Crippen MR) is 134 cm³/mol. The molecule has 2 saturated heterocycles. The molecule has 2 bridgehead atoms. The standard InChI is InChI=1S/C27H35N5O3/c1-4-5-13-35-27(33)32-22-14-30(15-23(32)18-34-17-22)16-24-25(29-26-28-11-6-12-31(24)26)21-9-7-20(8-10-21)19(2)3/h6-12,19,22-23H,4-5,13-18H2,1-3H3. The average Bonchev–Trinajstić information content (AvgIpc) is 3.22. The van der Waals surface area contributed by atoms with E-state index in [1.54, 1.807) is 6.20 Å². The number of piperazine rings is 1. The van der Waals surface area contributed by atoms with E-state index < -0.39 is 0 Å². The topological polar surface area (TPSA) is 72.2 Å². The number of unbranched alkanes of at least 4 members (excludes halogenated alkanes) is 1. The molecule has 2 fully saturated rings. The van der Waals surface area contributed by atoms with Gasteiger partial charge in [-0.05, 0) is 24.0 Å². The molecule has 4 heterocycles. The monoisotopic (exact) mass is 477 g/mol. The van der Waals surface area contributed by atoms with Crippen LogP contribution in [0.15, 0.2) is 42.7 Å². The van der Waals surface area contributed by atoms with Crippen molar-refractivity contribution in [1.82, 2.24) is 24.2 Å². The van der Waals surface area contributed by atoms with Gasteiger partial charge in [0, 0.05) is 37.6 Å². The number of hydrogen-bond donors (Lipinski definition) is 0. The highest BCUT2D eigenvalue weighted by atomic mass is 16.6. The molecule has 2 aliphatic heterocycles. The van der Waals surface area contributed by atoms with E-state index in [4.69, 9.17) is 14.5 Å². The zero-order valence-electron chi connectivity index (χ0n) is 20.9. The minimum absolute atomic E-state index is 0.0114. The van der Waals surface area contributed by atoms with Crippen molar-refractivity contribution in [2.75, 3.05) is 32.9 Å². The lowest BCUT2D eigenvalue weighted by atomic mass is 10.00. The van der Waals surface area contributed by atoms with E-state index >= 15 is 0 Å². The molecule has 0 aliphatic carbocycles. The number of benzene rings is 1. The van der Waals surface area contributed by atoms with Crippen LogP contribution in [0.2, 0.25) is 0 Å². The molecule has 8 heteroatoms. The van der Waals surface area contributed by atoms with Crippen LogP contribution in [0, 0.1) is 0 Å². The number of nitrogens with zero attached hydrogens (tertiary/aromatic N) is 5. The summed E-state index contributed by atoms with van der Waals surface area (Å²) in [5, 5.41) is 0. The van der Waals surface area contributed by atoms with Gasteiger partial charge in [0.15, 0.2) is 0 Å². The van der Waals surface area contributed by atoms with Crippen LogP contribution in [0.5, 0.6) is 0 Å². The molecule has 2 unspecified atom stereocenters. The number of amides is 1. The Morgan fingerprint density at radius 3 is 2.60 bits per heavy atom. The Kier molecular flexibility index (Phi) is 7.02. The molecule has 35 heavy (non-hydrogen) atoms. The van der Waals surface area contributed by atoms with Gasteiger partial charge >= 0.3 is 6.09 Å². The van der Waals surface area contributed by atoms with Gasteiger partial charge in [-0.15, -0.1) is 0 Å². The number of carbonyl (C=O) groups excluding carboxylic acids is 1. The van der Waals surface area contributed by atoms with Gasteiger partial charge in [-0.3, -0.25) is 14.2 Å². The molecule has 0 radical (unpaired) electrons. The Balaban J connectivity index is 1.39. The van der Waals surface area contributed by atoms with E-state index in [9.17, 15) is 4.79 Å². The van der Waals surface area contributed by atoms with Gasteiger partial charge in [0.1, 0.15) is 0 Å². The Labute approximate surface area is 206 Å². The van der Waals surface area contributed by atoms with Crippen molar-refractivity contribution in [2.45, 2.75) is 58.2 Å². The molecule has 186 valence electrons. The van der Waals surface area contributed by atoms with Crippen molar-refractivity contribution in [1.29, 1.82) is 0 Å². The average molecular weight is 478 g/mol. The Morgan fingerprint density at radius 1 is 1.17 bits per heavy atom. The van der Waals surface area contributed by atoms with Gasteiger partial charge in [0.2, 0.25) is 5.78 Å². The largest absolute Gasteiger partial charge is 0.449 e. The lowest BCUT2D eigenvalue weighted by Crippen LogP contribution is -2.66. The second kappa shape index (κ2) is 10.3. The summed E-state index contributed by atoms with van der Waals surface area (Å²) in [5.74, 6) is 1.19. The van der Waals surface area contributed by atoms with Gasteiger partial charge in [0.05, 0.1) is 43.3 Å². The summed E-state index contributed by atoms with van der Waals surface area (Å²) in [6.45, 7) is 10.2. The highest BCUT2D eigenvalue weighted by Gasteiger charge is 2.42. The molecule has 2 aliphatic rings. The third-order valence-corrected chi connectivity index (χ3v) is 7.01. The summed E-state index contributed by atoms with van der Waals surface area (Å²) in [6.07, 6.45) is 5.50. The van der Waals surface area contributed by atoms with E-state index in [0.717, 1.165) is 49.4 Å². The van der Waals surface area contributed by atoms with E-state index in [2.05, 4.69) is 59.3 Å². The smallest absolute Gasteiger partial charge is 0.410 e. The van der Waals surface area contributed by atoms with Gasteiger partial charge in [-0.2, -0.15) is 0 Å². The van der Waals surface area contributed by atoms with Crippen molar-refractivity contribution in [3.63, 3.8) is 0 Å². The molecule has 0 spiro atoms. The van der Waals surface area contributed by atoms with Crippen LogP contribution in [-0.4, -0.2) is 75.3 Å². The summed E-state index contributed by atoms with van der Waals surface area (Å²) in [7, 11) is 0. The Bertz CT molecular complexity index is 1150. The molecule has 1 amide bonds. The van der Waals surface area contributed by atoms with Crippen molar-refractivity contribution in [3.05, 3.63) is 54.0 Å². The van der Waals surface area contributed by atoms with Crippen molar-refractivity contribution < 1.29 is 14.3 Å². The Morgan fingerprint density at radius 2 is 1.91 bits per heavy atom. The fourth-order valence-corrected chi connectivity index (χ4v) is 5.11. The number of hydrogen-bond acceptors (Lipinski definition) is 6. The lowest BCUT2D eigenvalue weighted by molar-refractivity contribution is -0.0895. The third-order valence-electron chi connectivity index (χ3n) is 7.01. The number of morpholine rings is 1. The first-order chi connectivity index (χ1) is 17.0. The summed E-state index contributed by atoms with van der Waals surface area (Å²) in [4.78, 5) is 26.5. The van der Waals surface area contributed by atoms with E-state index in [1.807, 2.05) is 17.2 Å². The fourth-order valence-electron chi connectivity index (χ4n) is 5.11. The third kappa shape index (κ3) is 4.90. The van der Waals surface area contributed by atoms with Crippen LogP contribution in [0.4, 0.5) is 4.79 Å². The fraction of sp³-hybridized carbons (Fsp3) is 0.519. The zero-order valence-corrected chi connectivity index (χ0v) is 20.9. The maximum absolute atomic E-state index is 12.8. The Hall–Kier alpha value is -2.97. The molecule has 5 rings (SSSR count). The number of ether oxygens (including phenoxy) is 2. The number of aromatic nitrogens is 3. The van der Waals surface area contributed by atoms with E-state index in [-0.39, 0.29) is 18.2 Å². The molecule has 1 aromatic carbocycles. The lowest BCUT2D eigenvalue weighted by Gasteiger charge is -2.48. The molecular weight excluding hydrogens is 442 g/mol. The van der Waals surface area contributed by atoms with Crippen molar-refractivity contribution in [3.8, 4) is 11.3 Å². The second-order valence-corrected chi connectivity index (χ2v) is 9.89. The van der Waals surface area contributed by atoms with Gasteiger partial charge in [-0.25, -0.2) is 14.8 Å². The SMILES string of the molecule is CCCCOC(=O)N1C2COCC1CN(Cc1c(-c3ccc(C(C)C)cc3)nc3ncccn13)C2. The normalized spacial score (nSPS) is 20.5. The summed E-state index contributed by atoms with van der Waals surface area (Å²) in [6, 6.07) is 10.6. The molecule has 0 N–H and O–H groups in total. The predicted octanol–water partition coefficient (Wildman–Crippen LogP) is 4.34. The molecule has 0 saturated carbocycles. The van der Waals surface area contributed by atoms with Crippen LogP contribution in [-0.2, 0) is 16.0 Å². The summed E-state index contributed by atoms with van der Waals surface area (Å²) < 4.78 is 13.5. The first-order valence-corrected chi connectivity index (χ1v) is 12.7. The number of carbonyl (C=O) groups is 1. The summed E-state index contributed by atoms with van der Waals surface area (Å²) in [5.41, 5.74) is 4.48. The van der Waals surface area contributed by atoms with Crippen LogP contribution < -0.4 is 0 Å². The van der Waals surface area contributed by atoms with Crippen LogP contribution in [0.3, 0.4) is 0 Å². The van der Waals surface area contributed by atoms with Gasteiger partial charge in [0.25, 0.3) is 0 Å². The van der Waals surface area contributed by atoms with Crippen molar-refractivity contribution in [2.24, 2.45) is 0 Å². The van der Waals surface area contributed by atoms with E-state index in [1.165, 1.54) is 5.56 Å². The summed E-state index contributed by atoms with van der Waals surface area (Å²) >= 11 is 0. The number of fused-ring (bicyclic) bond motifs is 3. The maximum Gasteiger partial charge on any atom is 0.410 e. The van der Waals surface area contributed by atoms with Crippen LogP contribution in [0.25, 0.3) is 17.0 Å². The van der Waals surface area contributed by atoms with Gasteiger partial charge < -0.3 is 9.47 Å². The number of imidazole rings is 1. The minimum atomic E-state index is -0.207. The molecular formula is C27H35N5O3. The second-order valence-electron chi connectivity index (χ2n) is 9.89. The molecule has 3 aromatic rings. The molecule has 2 aromatic heterocycles. The van der Waals surface area contributed by atoms with E-state index in [0.29, 0.717) is 31.5 Å². The first kappa shape index (κ1) is 23.8.